The van der Waals surface area contributed by atoms with Gasteiger partial charge in [0.05, 0.1) is 6.54 Å². The second-order valence-electron chi connectivity index (χ2n) is 4.89. The summed E-state index contributed by atoms with van der Waals surface area (Å²) >= 11 is 5.32. The van der Waals surface area contributed by atoms with E-state index in [1.54, 1.807) is 0 Å². The van der Waals surface area contributed by atoms with Crippen LogP contribution in [0.15, 0.2) is 33.7 Å². The molecule has 0 amide bonds. The number of halogens is 1. The third-order valence-electron chi connectivity index (χ3n) is 3.38. The Hall–Kier alpha value is -0.480. The molecule has 18 heavy (non-hydrogen) atoms. The zero-order valence-corrected chi connectivity index (χ0v) is 13.3. The number of rotatable bonds is 3. The number of benzene rings is 1. The molecule has 0 saturated carbocycles. The van der Waals surface area contributed by atoms with Gasteiger partial charge in [-0.2, -0.15) is 0 Å². The maximum atomic E-state index is 4.69. The average Bonchev–Trinajstić information content (AvgIpc) is 2.37. The van der Waals surface area contributed by atoms with Crippen molar-refractivity contribution in [1.82, 2.24) is 5.32 Å². The summed E-state index contributed by atoms with van der Waals surface area (Å²) in [5, 5.41) is 4.65. The fourth-order valence-corrected chi connectivity index (χ4v) is 3.55. The molecule has 98 valence electrons. The lowest BCUT2D eigenvalue weighted by Crippen LogP contribution is -2.48. The number of hydrogen-bond acceptors (Lipinski definition) is 2. The van der Waals surface area contributed by atoms with Crippen LogP contribution in [0.3, 0.4) is 0 Å². The lowest BCUT2D eigenvalue weighted by atomic mass is 9.96. The first-order valence-corrected chi connectivity index (χ1v) is 8.09. The summed E-state index contributed by atoms with van der Waals surface area (Å²) in [6.45, 7) is 5.25. The summed E-state index contributed by atoms with van der Waals surface area (Å²) < 4.78 is 1.11. The molecule has 2 nitrogen and oxygen atoms in total. The highest BCUT2D eigenvalue weighted by Crippen LogP contribution is 2.25. The largest absolute Gasteiger partial charge is 0.360 e. The maximum Gasteiger partial charge on any atom is 0.157 e. The van der Waals surface area contributed by atoms with Gasteiger partial charge in [0.15, 0.2) is 5.17 Å². The van der Waals surface area contributed by atoms with E-state index >= 15 is 0 Å². The molecule has 1 heterocycles. The van der Waals surface area contributed by atoms with Crippen LogP contribution in [-0.4, -0.2) is 16.5 Å². The quantitative estimate of drug-likeness (QED) is 0.900. The van der Waals surface area contributed by atoms with E-state index in [0.717, 1.165) is 28.4 Å². The Kier molecular flexibility index (Phi) is 4.73. The highest BCUT2D eigenvalue weighted by Gasteiger charge is 2.27. The summed E-state index contributed by atoms with van der Waals surface area (Å²) in [6.07, 6.45) is 2.35. The fraction of sp³-hybridized carbons (Fsp3) is 0.500. The molecular weight excluding hydrogens is 308 g/mol. The first-order chi connectivity index (χ1) is 8.61. The molecule has 2 rings (SSSR count). The van der Waals surface area contributed by atoms with Crippen molar-refractivity contribution in [3.63, 3.8) is 0 Å². The standard InChI is InChI=1S/C14H19BrN2S/c1-3-14(2)7-8-18-13(17-14)16-10-11-5-4-6-12(15)9-11/h4-6,9H,3,7-8,10H2,1-2H3,(H,16,17). The number of hydrogen-bond donors (Lipinski definition) is 1. The van der Waals surface area contributed by atoms with Gasteiger partial charge in [-0.15, -0.1) is 0 Å². The number of nitrogens with one attached hydrogen (secondary N) is 1. The van der Waals surface area contributed by atoms with E-state index in [2.05, 4.69) is 58.3 Å². The Bertz CT molecular complexity index is 447. The first kappa shape index (κ1) is 13.9. The van der Waals surface area contributed by atoms with Gasteiger partial charge in [-0.05, 0) is 37.5 Å². The van der Waals surface area contributed by atoms with Crippen LogP contribution >= 0.6 is 27.7 Å². The fourth-order valence-electron chi connectivity index (χ4n) is 1.88. The van der Waals surface area contributed by atoms with Crippen LogP contribution in [0.1, 0.15) is 32.3 Å². The van der Waals surface area contributed by atoms with Gasteiger partial charge >= 0.3 is 0 Å². The van der Waals surface area contributed by atoms with E-state index in [4.69, 9.17) is 0 Å². The van der Waals surface area contributed by atoms with Crippen molar-refractivity contribution in [2.75, 3.05) is 5.75 Å². The number of aliphatic imine (C=N–C) groups is 1. The van der Waals surface area contributed by atoms with Gasteiger partial charge in [0.2, 0.25) is 0 Å². The summed E-state index contributed by atoms with van der Waals surface area (Å²) in [7, 11) is 0. The number of nitrogens with zero attached hydrogens (tertiary/aromatic N) is 1. The molecule has 0 bridgehead atoms. The molecule has 1 aliphatic rings. The summed E-state index contributed by atoms with van der Waals surface area (Å²) in [4.78, 5) is 4.69. The van der Waals surface area contributed by atoms with E-state index in [9.17, 15) is 0 Å². The molecule has 1 atom stereocenters. The van der Waals surface area contributed by atoms with Gasteiger partial charge in [0, 0.05) is 15.8 Å². The second-order valence-corrected chi connectivity index (χ2v) is 6.89. The maximum absolute atomic E-state index is 4.69. The van der Waals surface area contributed by atoms with Crippen molar-refractivity contribution < 1.29 is 0 Å². The van der Waals surface area contributed by atoms with Crippen LogP contribution in [0.2, 0.25) is 0 Å². The van der Waals surface area contributed by atoms with Crippen molar-refractivity contribution in [2.45, 2.75) is 38.8 Å². The monoisotopic (exact) mass is 326 g/mol. The van der Waals surface area contributed by atoms with Gasteiger partial charge in [-0.1, -0.05) is 46.7 Å². The predicted molar refractivity (Wildman–Crippen MR) is 84.2 cm³/mol. The lowest BCUT2D eigenvalue weighted by Gasteiger charge is -2.35. The van der Waals surface area contributed by atoms with Gasteiger partial charge in [-0.3, -0.25) is 4.99 Å². The topological polar surface area (TPSA) is 24.4 Å². The molecule has 1 aliphatic heterocycles. The summed E-state index contributed by atoms with van der Waals surface area (Å²) in [5.41, 5.74) is 1.46. The predicted octanol–water partition coefficient (Wildman–Crippen LogP) is 4.20. The van der Waals surface area contributed by atoms with E-state index in [1.165, 1.54) is 12.0 Å². The van der Waals surface area contributed by atoms with E-state index in [1.807, 2.05) is 17.8 Å². The molecule has 0 aromatic heterocycles. The molecule has 1 saturated heterocycles. The molecule has 1 unspecified atom stereocenters. The third-order valence-corrected chi connectivity index (χ3v) is 4.78. The van der Waals surface area contributed by atoms with Crippen molar-refractivity contribution in [1.29, 1.82) is 0 Å². The molecule has 1 aromatic rings. The van der Waals surface area contributed by atoms with Crippen LogP contribution < -0.4 is 5.32 Å². The zero-order valence-electron chi connectivity index (χ0n) is 10.9. The lowest BCUT2D eigenvalue weighted by molar-refractivity contribution is 0.390. The molecule has 1 N–H and O–H groups in total. The van der Waals surface area contributed by atoms with Crippen LogP contribution in [0.4, 0.5) is 0 Å². The Morgan fingerprint density at radius 1 is 1.50 bits per heavy atom. The molecule has 1 fully saturated rings. The van der Waals surface area contributed by atoms with Crippen molar-refractivity contribution in [3.8, 4) is 0 Å². The summed E-state index contributed by atoms with van der Waals surface area (Å²) in [5.74, 6) is 1.16. The summed E-state index contributed by atoms with van der Waals surface area (Å²) in [6, 6.07) is 8.33. The Labute approximate surface area is 122 Å². The second kappa shape index (κ2) is 6.11. The smallest absolute Gasteiger partial charge is 0.157 e. The van der Waals surface area contributed by atoms with Crippen LogP contribution in [-0.2, 0) is 6.54 Å². The van der Waals surface area contributed by atoms with E-state index < -0.39 is 0 Å². The zero-order chi connectivity index (χ0) is 13.0. The molecule has 0 aliphatic carbocycles. The minimum Gasteiger partial charge on any atom is -0.360 e. The molecular formula is C14H19BrN2S. The number of amidine groups is 1. The highest BCUT2D eigenvalue weighted by molar-refractivity contribution is 9.10. The van der Waals surface area contributed by atoms with Gasteiger partial charge in [-0.25, -0.2) is 0 Å². The Morgan fingerprint density at radius 2 is 2.33 bits per heavy atom. The Balaban J connectivity index is 2.01. The van der Waals surface area contributed by atoms with Crippen molar-refractivity contribution in [2.24, 2.45) is 4.99 Å². The normalized spacial score (nSPS) is 26.1. The van der Waals surface area contributed by atoms with E-state index in [-0.39, 0.29) is 5.54 Å². The minimum absolute atomic E-state index is 0.224. The van der Waals surface area contributed by atoms with Crippen LogP contribution in [0.25, 0.3) is 0 Å². The third kappa shape index (κ3) is 3.75. The molecule has 0 spiro atoms. The van der Waals surface area contributed by atoms with Gasteiger partial charge < -0.3 is 5.32 Å². The van der Waals surface area contributed by atoms with Crippen LogP contribution in [0, 0.1) is 0 Å². The van der Waals surface area contributed by atoms with Gasteiger partial charge in [0.25, 0.3) is 0 Å². The van der Waals surface area contributed by atoms with Crippen LogP contribution in [0.5, 0.6) is 0 Å². The molecule has 4 heteroatoms. The van der Waals surface area contributed by atoms with Gasteiger partial charge in [0.1, 0.15) is 0 Å². The molecule has 0 radical (unpaired) electrons. The van der Waals surface area contributed by atoms with E-state index in [0.29, 0.717) is 0 Å². The molecule has 1 aromatic carbocycles. The average molecular weight is 327 g/mol. The first-order valence-electron chi connectivity index (χ1n) is 6.31. The SMILES string of the molecule is CCC1(C)CCSC(=NCc2cccc(Br)c2)N1. The Morgan fingerprint density at radius 3 is 3.06 bits per heavy atom. The number of thioether (sulfide) groups is 1. The van der Waals surface area contributed by atoms with Crippen molar-refractivity contribution >= 4 is 32.9 Å². The van der Waals surface area contributed by atoms with Crippen molar-refractivity contribution in [3.05, 3.63) is 34.3 Å². The minimum atomic E-state index is 0.224. The highest BCUT2D eigenvalue weighted by atomic mass is 79.9.